The lowest BCUT2D eigenvalue weighted by molar-refractivity contribution is 0.598. The van der Waals surface area contributed by atoms with Crippen LogP contribution < -0.4 is 5.73 Å². The van der Waals surface area contributed by atoms with Crippen LogP contribution in [0.25, 0.3) is 11.0 Å². The van der Waals surface area contributed by atoms with E-state index in [1.54, 1.807) is 6.07 Å². The van der Waals surface area contributed by atoms with Gasteiger partial charge in [0.15, 0.2) is 0 Å². The molecule has 0 aliphatic rings. The largest absolute Gasteiger partial charge is 0.399 e. The number of hydrogen-bond donors (Lipinski definition) is 1. The van der Waals surface area contributed by atoms with Crippen molar-refractivity contribution >= 4 is 16.7 Å². The molecule has 0 amide bonds. The summed E-state index contributed by atoms with van der Waals surface area (Å²) < 4.78 is 16.2. The van der Waals surface area contributed by atoms with Gasteiger partial charge in [0.25, 0.3) is 0 Å². The van der Waals surface area contributed by atoms with E-state index in [4.69, 9.17) is 10.7 Å². The number of benzene rings is 3. The van der Waals surface area contributed by atoms with Gasteiger partial charge >= 0.3 is 0 Å². The molecule has 1 heterocycles. The Balaban J connectivity index is 1.78. The molecule has 4 aromatic rings. The fourth-order valence-corrected chi connectivity index (χ4v) is 3.05. The Hall–Kier alpha value is -3.14. The maximum Gasteiger partial charge on any atom is 0.128 e. The molecule has 0 fully saturated rings. The Kier molecular flexibility index (Phi) is 3.94. The summed E-state index contributed by atoms with van der Waals surface area (Å²) in [6.07, 6.45) is 0.670. The van der Waals surface area contributed by atoms with Gasteiger partial charge in [-0.05, 0) is 35.9 Å². The molecule has 4 rings (SSSR count). The van der Waals surface area contributed by atoms with E-state index >= 15 is 0 Å². The van der Waals surface area contributed by atoms with Crippen molar-refractivity contribution in [3.8, 4) is 0 Å². The lowest BCUT2D eigenvalue weighted by Crippen LogP contribution is -2.07. The van der Waals surface area contributed by atoms with E-state index in [0.29, 0.717) is 18.5 Å². The molecule has 0 saturated carbocycles. The molecule has 1 aromatic heterocycles. The second-order valence-electron chi connectivity index (χ2n) is 6.11. The predicted octanol–water partition coefficient (Wildman–Crippen LogP) is 4.40. The first-order valence-electron chi connectivity index (χ1n) is 8.23. The standard InChI is InChI=1S/C21H18FN3/c22-18-6-2-1-5-16(18)14-25-20-8-4-3-7-19(20)24-21(25)13-15-9-11-17(23)12-10-15/h1-12H,13-14,23H2. The lowest BCUT2D eigenvalue weighted by atomic mass is 10.1. The molecular formula is C21H18FN3. The third-order valence-electron chi connectivity index (χ3n) is 4.36. The molecule has 0 spiro atoms. The first kappa shape index (κ1) is 15.4. The third-order valence-corrected chi connectivity index (χ3v) is 4.36. The summed E-state index contributed by atoms with van der Waals surface area (Å²) in [5.74, 6) is 0.716. The number of imidazole rings is 1. The lowest BCUT2D eigenvalue weighted by Gasteiger charge is -2.10. The van der Waals surface area contributed by atoms with Gasteiger partial charge in [-0.3, -0.25) is 0 Å². The number of para-hydroxylation sites is 2. The molecular weight excluding hydrogens is 313 g/mol. The highest BCUT2D eigenvalue weighted by Crippen LogP contribution is 2.21. The van der Waals surface area contributed by atoms with Crippen LogP contribution in [-0.2, 0) is 13.0 Å². The summed E-state index contributed by atoms with van der Waals surface area (Å²) in [5, 5.41) is 0. The monoisotopic (exact) mass is 331 g/mol. The number of aromatic nitrogens is 2. The highest BCUT2D eigenvalue weighted by Gasteiger charge is 2.13. The summed E-state index contributed by atoms with van der Waals surface area (Å²) in [4.78, 5) is 4.77. The summed E-state index contributed by atoms with van der Waals surface area (Å²) in [7, 11) is 0. The first-order chi connectivity index (χ1) is 12.2. The van der Waals surface area contributed by atoms with E-state index in [9.17, 15) is 4.39 Å². The quantitative estimate of drug-likeness (QED) is 0.563. The van der Waals surface area contributed by atoms with E-state index in [1.165, 1.54) is 6.07 Å². The average Bonchev–Trinajstić information content (AvgIpc) is 2.96. The highest BCUT2D eigenvalue weighted by atomic mass is 19.1. The van der Waals surface area contributed by atoms with Crippen LogP contribution in [0, 0.1) is 5.82 Å². The Morgan fingerprint density at radius 3 is 2.40 bits per heavy atom. The Bertz CT molecular complexity index is 1020. The fourth-order valence-electron chi connectivity index (χ4n) is 3.05. The van der Waals surface area contributed by atoms with Crippen LogP contribution in [0.4, 0.5) is 10.1 Å². The second kappa shape index (κ2) is 6.40. The number of rotatable bonds is 4. The van der Waals surface area contributed by atoms with Gasteiger partial charge in [-0.25, -0.2) is 9.37 Å². The van der Waals surface area contributed by atoms with Crippen molar-refractivity contribution in [2.45, 2.75) is 13.0 Å². The maximum atomic E-state index is 14.1. The summed E-state index contributed by atoms with van der Waals surface area (Å²) in [6, 6.07) is 22.6. The highest BCUT2D eigenvalue weighted by molar-refractivity contribution is 5.76. The minimum absolute atomic E-state index is 0.196. The van der Waals surface area contributed by atoms with Gasteiger partial charge < -0.3 is 10.3 Å². The second-order valence-corrected chi connectivity index (χ2v) is 6.11. The molecule has 124 valence electrons. The fraction of sp³-hybridized carbons (Fsp3) is 0.0952. The van der Waals surface area contributed by atoms with Crippen molar-refractivity contribution in [2.24, 2.45) is 0 Å². The molecule has 2 N–H and O–H groups in total. The molecule has 0 saturated heterocycles. The normalized spacial score (nSPS) is 11.1. The van der Waals surface area contributed by atoms with Crippen LogP contribution >= 0.6 is 0 Å². The van der Waals surface area contributed by atoms with Crippen molar-refractivity contribution in [1.82, 2.24) is 9.55 Å². The van der Waals surface area contributed by atoms with E-state index in [1.807, 2.05) is 60.7 Å². The van der Waals surface area contributed by atoms with E-state index in [-0.39, 0.29) is 5.82 Å². The van der Waals surface area contributed by atoms with Gasteiger partial charge in [0.05, 0.1) is 17.6 Å². The molecule has 25 heavy (non-hydrogen) atoms. The van der Waals surface area contributed by atoms with Gasteiger partial charge in [0.1, 0.15) is 11.6 Å². The van der Waals surface area contributed by atoms with Crippen LogP contribution in [0.15, 0.2) is 72.8 Å². The summed E-state index contributed by atoms with van der Waals surface area (Å²) in [6.45, 7) is 0.456. The number of anilines is 1. The Labute approximate surface area is 145 Å². The number of nitrogens with two attached hydrogens (primary N) is 1. The molecule has 4 heteroatoms. The van der Waals surface area contributed by atoms with Crippen molar-refractivity contribution in [1.29, 1.82) is 0 Å². The molecule has 0 unspecified atom stereocenters. The predicted molar refractivity (Wildman–Crippen MR) is 98.9 cm³/mol. The zero-order valence-corrected chi connectivity index (χ0v) is 13.7. The van der Waals surface area contributed by atoms with Gasteiger partial charge in [-0.2, -0.15) is 0 Å². The Morgan fingerprint density at radius 2 is 1.60 bits per heavy atom. The number of nitrogens with zero attached hydrogens (tertiary/aromatic N) is 2. The minimum atomic E-state index is -0.196. The molecule has 0 atom stereocenters. The topological polar surface area (TPSA) is 43.8 Å². The van der Waals surface area contributed by atoms with Crippen molar-refractivity contribution in [3.05, 3.63) is 95.6 Å². The summed E-state index contributed by atoms with van der Waals surface area (Å²) >= 11 is 0. The smallest absolute Gasteiger partial charge is 0.128 e. The first-order valence-corrected chi connectivity index (χ1v) is 8.23. The minimum Gasteiger partial charge on any atom is -0.399 e. The van der Waals surface area contributed by atoms with Crippen LogP contribution in [0.3, 0.4) is 0 Å². The van der Waals surface area contributed by atoms with Crippen LogP contribution in [0.2, 0.25) is 0 Å². The van der Waals surface area contributed by atoms with E-state index < -0.39 is 0 Å². The number of halogens is 1. The van der Waals surface area contributed by atoms with E-state index in [2.05, 4.69) is 4.57 Å². The zero-order chi connectivity index (χ0) is 17.2. The maximum absolute atomic E-state index is 14.1. The molecule has 0 bridgehead atoms. The third kappa shape index (κ3) is 3.11. The van der Waals surface area contributed by atoms with Crippen molar-refractivity contribution < 1.29 is 4.39 Å². The molecule has 3 aromatic carbocycles. The van der Waals surface area contributed by atoms with Crippen molar-refractivity contribution in [3.63, 3.8) is 0 Å². The van der Waals surface area contributed by atoms with Crippen LogP contribution in [-0.4, -0.2) is 9.55 Å². The number of nitrogen functional groups attached to an aromatic ring is 1. The van der Waals surface area contributed by atoms with Crippen LogP contribution in [0.5, 0.6) is 0 Å². The molecule has 3 nitrogen and oxygen atoms in total. The molecule has 0 aliphatic carbocycles. The van der Waals surface area contributed by atoms with Gasteiger partial charge in [-0.15, -0.1) is 0 Å². The van der Waals surface area contributed by atoms with Gasteiger partial charge in [-0.1, -0.05) is 42.5 Å². The Morgan fingerprint density at radius 1 is 0.880 bits per heavy atom. The summed E-state index contributed by atoms with van der Waals surface area (Å²) in [5.41, 5.74) is 10.2. The molecule has 0 radical (unpaired) electrons. The number of fused-ring (bicyclic) bond motifs is 1. The molecule has 0 aliphatic heterocycles. The SMILES string of the molecule is Nc1ccc(Cc2nc3ccccc3n2Cc2ccccc2F)cc1. The zero-order valence-electron chi connectivity index (χ0n) is 13.7. The van der Waals surface area contributed by atoms with Crippen molar-refractivity contribution in [2.75, 3.05) is 5.73 Å². The van der Waals surface area contributed by atoms with Gasteiger partial charge in [0, 0.05) is 17.7 Å². The average molecular weight is 331 g/mol. The number of hydrogen-bond acceptors (Lipinski definition) is 2. The van der Waals surface area contributed by atoms with Crippen LogP contribution in [0.1, 0.15) is 17.0 Å². The van der Waals surface area contributed by atoms with Gasteiger partial charge in [0.2, 0.25) is 0 Å². The van der Waals surface area contributed by atoms with E-state index in [0.717, 1.165) is 28.1 Å².